The van der Waals surface area contributed by atoms with E-state index in [2.05, 4.69) is 24.1 Å². The molecule has 0 unspecified atom stereocenters. The van der Waals surface area contributed by atoms with Gasteiger partial charge in [0.15, 0.2) is 0 Å². The molecule has 1 aromatic carbocycles. The predicted octanol–water partition coefficient (Wildman–Crippen LogP) is 1.23. The molecule has 0 fully saturated rings. The van der Waals surface area contributed by atoms with Crippen LogP contribution in [0.1, 0.15) is 41.4 Å². The smallest absolute Gasteiger partial charge is 0.341 e. The highest BCUT2D eigenvalue weighted by Crippen LogP contribution is 2.33. The Morgan fingerprint density at radius 3 is 1.29 bits per heavy atom. The van der Waals surface area contributed by atoms with Crippen molar-refractivity contribution in [2.24, 2.45) is 5.18 Å². The zero-order valence-corrected chi connectivity index (χ0v) is 13.2. The molecule has 0 saturated heterocycles. The molecule has 0 radical (unpaired) electrons. The largest absolute Gasteiger partial charge is 0.465 e. The van der Waals surface area contributed by atoms with E-state index in [0.29, 0.717) is 0 Å². The molecule has 0 aromatic heterocycles. The molecule has 24 heavy (non-hydrogen) atoms. The number of esters is 4. The van der Waals surface area contributed by atoms with Crippen molar-refractivity contribution in [1.82, 2.24) is 0 Å². The van der Waals surface area contributed by atoms with E-state index < -0.39 is 51.8 Å². The fourth-order valence-corrected chi connectivity index (χ4v) is 1.92. The predicted molar refractivity (Wildman–Crippen MR) is 77.3 cm³/mol. The van der Waals surface area contributed by atoms with Crippen molar-refractivity contribution in [3.8, 4) is 0 Å². The van der Waals surface area contributed by atoms with Crippen LogP contribution in [0.3, 0.4) is 0 Å². The Hall–Kier alpha value is -3.30. The zero-order chi connectivity index (χ0) is 18.4. The number of methoxy groups -OCH3 is 4. The molecule has 0 atom stereocenters. The minimum Gasteiger partial charge on any atom is -0.465 e. The van der Waals surface area contributed by atoms with Crippen molar-refractivity contribution >= 4 is 29.6 Å². The third-order valence-electron chi connectivity index (χ3n) is 2.98. The first kappa shape index (κ1) is 18.7. The standard InChI is InChI=1S/C14H13NO9/c1-21-11(16)6-5-7(12(17)22-2)9(14(19)24-4)10(15-20)8(6)13(18)23-3/h5H,1-4H3. The second kappa shape index (κ2) is 7.81. The molecule has 0 bridgehead atoms. The topological polar surface area (TPSA) is 135 Å². The molecule has 10 heteroatoms. The van der Waals surface area contributed by atoms with Crippen LogP contribution >= 0.6 is 0 Å². The zero-order valence-electron chi connectivity index (χ0n) is 13.2. The molecule has 0 spiro atoms. The lowest BCUT2D eigenvalue weighted by Crippen LogP contribution is -2.19. The SMILES string of the molecule is COC(=O)c1cc(C(=O)OC)c(C(=O)OC)c(N=O)c1C(=O)OC. The lowest BCUT2D eigenvalue weighted by atomic mass is 9.95. The summed E-state index contributed by atoms with van der Waals surface area (Å²) in [5.41, 5.74) is -3.05. The van der Waals surface area contributed by atoms with E-state index in [1.165, 1.54) is 0 Å². The van der Waals surface area contributed by atoms with E-state index in [-0.39, 0.29) is 0 Å². The van der Waals surface area contributed by atoms with Crippen LogP contribution < -0.4 is 0 Å². The molecule has 0 aliphatic heterocycles. The molecule has 0 heterocycles. The van der Waals surface area contributed by atoms with Gasteiger partial charge < -0.3 is 18.9 Å². The van der Waals surface area contributed by atoms with Gasteiger partial charge in [-0.1, -0.05) is 0 Å². The number of carbonyl (C=O) groups excluding carboxylic acids is 4. The summed E-state index contributed by atoms with van der Waals surface area (Å²) in [6.07, 6.45) is 0. The van der Waals surface area contributed by atoms with Gasteiger partial charge in [-0.15, -0.1) is 4.91 Å². The average Bonchev–Trinajstić information content (AvgIpc) is 2.63. The fourth-order valence-electron chi connectivity index (χ4n) is 1.92. The molecule has 1 aromatic rings. The maximum absolute atomic E-state index is 12.0. The molecular weight excluding hydrogens is 326 g/mol. The summed E-state index contributed by atoms with van der Waals surface area (Å²) in [4.78, 5) is 58.9. The molecule has 0 aliphatic rings. The number of benzene rings is 1. The molecule has 1 rings (SSSR count). The Morgan fingerprint density at radius 1 is 0.708 bits per heavy atom. The van der Waals surface area contributed by atoms with Gasteiger partial charge in [-0.3, -0.25) is 0 Å². The first-order chi connectivity index (χ1) is 11.4. The molecule has 0 saturated carbocycles. The Kier molecular flexibility index (Phi) is 6.10. The Bertz CT molecular complexity index is 669. The van der Waals surface area contributed by atoms with E-state index in [1.54, 1.807) is 0 Å². The Morgan fingerprint density at radius 2 is 1.04 bits per heavy atom. The van der Waals surface area contributed by atoms with Gasteiger partial charge in [0.05, 0.1) is 39.6 Å². The van der Waals surface area contributed by atoms with Gasteiger partial charge in [0.1, 0.15) is 16.8 Å². The summed E-state index contributed by atoms with van der Waals surface area (Å²) in [5, 5.41) is 2.60. The van der Waals surface area contributed by atoms with Crippen molar-refractivity contribution in [1.29, 1.82) is 0 Å². The molecule has 0 N–H and O–H groups in total. The second-order valence-corrected chi connectivity index (χ2v) is 4.13. The highest BCUT2D eigenvalue weighted by Gasteiger charge is 2.34. The van der Waals surface area contributed by atoms with Crippen LogP contribution in [0.2, 0.25) is 0 Å². The third kappa shape index (κ3) is 3.21. The number of hydrogen-bond acceptors (Lipinski definition) is 10. The fraction of sp³-hybridized carbons (Fsp3) is 0.286. The van der Waals surface area contributed by atoms with Crippen molar-refractivity contribution in [3.05, 3.63) is 33.2 Å². The van der Waals surface area contributed by atoms with Gasteiger partial charge in [-0.05, 0) is 11.2 Å². The number of nitrogens with zero attached hydrogens (tertiary/aromatic N) is 1. The first-order valence-corrected chi connectivity index (χ1v) is 6.25. The van der Waals surface area contributed by atoms with Gasteiger partial charge in [-0.25, -0.2) is 19.2 Å². The maximum atomic E-state index is 12.0. The summed E-state index contributed by atoms with van der Waals surface area (Å²) in [6, 6.07) is 0.866. The lowest BCUT2D eigenvalue weighted by Gasteiger charge is -2.14. The molecule has 0 aliphatic carbocycles. The summed E-state index contributed by atoms with van der Waals surface area (Å²) >= 11 is 0. The monoisotopic (exact) mass is 339 g/mol. The summed E-state index contributed by atoms with van der Waals surface area (Å²) in [6.45, 7) is 0. The third-order valence-corrected chi connectivity index (χ3v) is 2.98. The van der Waals surface area contributed by atoms with Crippen LogP contribution in [0.15, 0.2) is 11.2 Å². The van der Waals surface area contributed by atoms with Gasteiger partial charge >= 0.3 is 23.9 Å². The van der Waals surface area contributed by atoms with Crippen molar-refractivity contribution < 1.29 is 38.1 Å². The van der Waals surface area contributed by atoms with Crippen LogP contribution in [-0.4, -0.2) is 52.3 Å². The summed E-state index contributed by atoms with van der Waals surface area (Å²) in [7, 11) is 4.01. The molecule has 128 valence electrons. The van der Waals surface area contributed by atoms with Crippen LogP contribution in [0.4, 0.5) is 5.69 Å². The van der Waals surface area contributed by atoms with Gasteiger partial charge in [0, 0.05) is 0 Å². The Balaban J connectivity index is 4.03. The van der Waals surface area contributed by atoms with E-state index in [1.807, 2.05) is 0 Å². The van der Waals surface area contributed by atoms with Gasteiger partial charge in [0.2, 0.25) is 0 Å². The summed E-state index contributed by atoms with van der Waals surface area (Å²) in [5.74, 6) is -4.37. The number of nitroso groups, excluding NO2 is 1. The van der Waals surface area contributed by atoms with Crippen molar-refractivity contribution in [2.75, 3.05) is 28.4 Å². The molecular formula is C14H13NO9. The highest BCUT2D eigenvalue weighted by molar-refractivity contribution is 6.15. The number of ether oxygens (including phenoxy) is 4. The minimum atomic E-state index is -1.13. The van der Waals surface area contributed by atoms with Crippen LogP contribution in [0, 0.1) is 4.91 Å². The van der Waals surface area contributed by atoms with Crippen LogP contribution in [-0.2, 0) is 18.9 Å². The van der Waals surface area contributed by atoms with Gasteiger partial charge in [0.25, 0.3) is 0 Å². The summed E-state index contributed by atoms with van der Waals surface area (Å²) < 4.78 is 18.0. The number of carbonyl (C=O) groups is 4. The van der Waals surface area contributed by atoms with Gasteiger partial charge in [-0.2, -0.15) is 0 Å². The van der Waals surface area contributed by atoms with E-state index in [4.69, 9.17) is 0 Å². The number of rotatable bonds is 5. The highest BCUT2D eigenvalue weighted by atomic mass is 16.5. The van der Waals surface area contributed by atoms with Crippen LogP contribution in [0.5, 0.6) is 0 Å². The minimum absolute atomic E-state index is 0.494. The average molecular weight is 339 g/mol. The quantitative estimate of drug-likeness (QED) is 0.441. The molecule has 10 nitrogen and oxygen atoms in total. The van der Waals surface area contributed by atoms with Crippen molar-refractivity contribution in [3.63, 3.8) is 0 Å². The Labute approximate surface area is 135 Å². The van der Waals surface area contributed by atoms with E-state index in [0.717, 1.165) is 34.5 Å². The maximum Gasteiger partial charge on any atom is 0.341 e. The second-order valence-electron chi connectivity index (χ2n) is 4.13. The number of hydrogen-bond donors (Lipinski definition) is 0. The van der Waals surface area contributed by atoms with Crippen molar-refractivity contribution in [2.45, 2.75) is 0 Å². The normalized spacial score (nSPS) is 9.67. The lowest BCUT2D eigenvalue weighted by molar-refractivity contribution is 0.0541. The van der Waals surface area contributed by atoms with E-state index >= 15 is 0 Å². The van der Waals surface area contributed by atoms with Crippen LogP contribution in [0.25, 0.3) is 0 Å². The molecule has 0 amide bonds. The first-order valence-electron chi connectivity index (χ1n) is 6.25. The van der Waals surface area contributed by atoms with E-state index in [9.17, 15) is 24.1 Å².